The van der Waals surface area contributed by atoms with Crippen LogP contribution in [0.5, 0.6) is 0 Å². The molecule has 0 radical (unpaired) electrons. The smallest absolute Gasteiger partial charge is 0.338 e. The molecule has 2 aliphatic rings. The van der Waals surface area contributed by atoms with Crippen LogP contribution in [-0.4, -0.2) is 48.3 Å². The monoisotopic (exact) mass is 389 g/mol. The van der Waals surface area contributed by atoms with Crippen LogP contribution >= 0.6 is 11.8 Å². The fourth-order valence-electron chi connectivity index (χ4n) is 3.09. The summed E-state index contributed by atoms with van der Waals surface area (Å²) in [6, 6.07) is 6.69. The van der Waals surface area contributed by atoms with Gasteiger partial charge < -0.3 is 15.4 Å². The fourth-order valence-corrected chi connectivity index (χ4v) is 3.50. The van der Waals surface area contributed by atoms with Gasteiger partial charge in [-0.05, 0) is 37.3 Å². The first-order valence-electron chi connectivity index (χ1n) is 8.86. The minimum atomic E-state index is -0.577. The first kappa shape index (κ1) is 19.3. The number of ether oxygens (including phenoxy) is 1. The Balaban J connectivity index is 1.88. The molecule has 0 bridgehead atoms. The van der Waals surface area contributed by atoms with E-state index in [1.807, 2.05) is 44.4 Å². The van der Waals surface area contributed by atoms with E-state index >= 15 is 0 Å². The summed E-state index contributed by atoms with van der Waals surface area (Å²) < 4.78 is 5.18. The van der Waals surface area contributed by atoms with Crippen molar-refractivity contribution in [2.75, 3.05) is 19.4 Å². The van der Waals surface area contributed by atoms with Crippen LogP contribution in [0.3, 0.4) is 0 Å². The molecule has 3 amide bonds. The Morgan fingerprint density at radius 1 is 1.37 bits per heavy atom. The topological polar surface area (TPSA) is 87.7 Å². The largest absolute Gasteiger partial charge is 0.456 e. The molecule has 2 N–H and O–H groups in total. The van der Waals surface area contributed by atoms with E-state index < -0.39 is 18.0 Å². The molecule has 2 heterocycles. The number of nitrogens with zero attached hydrogens (tertiary/aromatic N) is 1. The molecule has 1 aromatic carbocycles. The molecule has 0 saturated heterocycles. The molecule has 7 nitrogen and oxygen atoms in total. The van der Waals surface area contributed by atoms with Crippen molar-refractivity contribution in [3.8, 4) is 0 Å². The second-order valence-corrected chi connectivity index (χ2v) is 7.43. The van der Waals surface area contributed by atoms with Crippen LogP contribution in [0.25, 0.3) is 0 Å². The molecule has 3 rings (SSSR count). The zero-order valence-corrected chi connectivity index (χ0v) is 16.4. The van der Waals surface area contributed by atoms with Crippen LogP contribution in [0.2, 0.25) is 0 Å². The summed E-state index contributed by atoms with van der Waals surface area (Å²) in [5.41, 5.74) is 1.65. The number of nitrogens with one attached hydrogen (secondary N) is 2. The summed E-state index contributed by atoms with van der Waals surface area (Å²) in [6.07, 6.45) is 2.77. The highest BCUT2D eigenvalue weighted by atomic mass is 32.2. The summed E-state index contributed by atoms with van der Waals surface area (Å²) in [5.74, 6) is -0.732. The van der Waals surface area contributed by atoms with Gasteiger partial charge in [0.2, 0.25) is 5.91 Å². The van der Waals surface area contributed by atoms with Crippen LogP contribution < -0.4 is 10.6 Å². The fraction of sp³-hybridized carbons (Fsp3) is 0.421. The van der Waals surface area contributed by atoms with E-state index in [2.05, 4.69) is 10.6 Å². The third kappa shape index (κ3) is 3.95. The minimum absolute atomic E-state index is 0.00239. The zero-order valence-electron chi connectivity index (χ0n) is 15.6. The second kappa shape index (κ2) is 8.04. The summed E-state index contributed by atoms with van der Waals surface area (Å²) in [4.78, 5) is 39.6. The number of cyclic esters (lactones) is 1. The maximum Gasteiger partial charge on any atom is 0.338 e. The number of hydrogen-bond donors (Lipinski definition) is 2. The molecule has 2 aliphatic heterocycles. The molecule has 2 unspecified atom stereocenters. The van der Waals surface area contributed by atoms with Crippen LogP contribution in [-0.2, 0) is 14.3 Å². The van der Waals surface area contributed by atoms with E-state index in [0.29, 0.717) is 11.3 Å². The lowest BCUT2D eigenvalue weighted by Gasteiger charge is -2.32. The highest BCUT2D eigenvalue weighted by molar-refractivity contribution is 7.98. The first-order chi connectivity index (χ1) is 12.9. The summed E-state index contributed by atoms with van der Waals surface area (Å²) in [6.45, 7) is 3.71. The summed E-state index contributed by atoms with van der Waals surface area (Å²) in [5, 5.41) is 5.67. The lowest BCUT2D eigenvalue weighted by molar-refractivity contribution is -0.136. The van der Waals surface area contributed by atoms with Crippen molar-refractivity contribution in [3.63, 3.8) is 0 Å². The maximum absolute atomic E-state index is 12.7. The van der Waals surface area contributed by atoms with Gasteiger partial charge >= 0.3 is 12.0 Å². The Kier molecular flexibility index (Phi) is 5.74. The van der Waals surface area contributed by atoms with Crippen molar-refractivity contribution in [2.24, 2.45) is 0 Å². The Bertz CT molecular complexity index is 791. The lowest BCUT2D eigenvalue weighted by Crippen LogP contribution is -2.51. The number of esters is 1. The average Bonchev–Trinajstić information content (AvgIpc) is 3.05. The predicted molar refractivity (Wildman–Crippen MR) is 102 cm³/mol. The number of benzene rings is 1. The minimum Gasteiger partial charge on any atom is -0.456 e. The molecule has 1 aromatic rings. The number of hydrogen-bond acceptors (Lipinski definition) is 5. The Morgan fingerprint density at radius 2 is 2.07 bits per heavy atom. The van der Waals surface area contributed by atoms with E-state index in [0.717, 1.165) is 16.9 Å². The maximum atomic E-state index is 12.7. The molecule has 144 valence electrons. The van der Waals surface area contributed by atoms with E-state index in [9.17, 15) is 14.4 Å². The van der Waals surface area contributed by atoms with Gasteiger partial charge in [0.05, 0.1) is 17.3 Å². The number of thioether (sulfide) groups is 1. The number of urea groups is 1. The second-order valence-electron chi connectivity index (χ2n) is 6.56. The van der Waals surface area contributed by atoms with E-state index in [4.69, 9.17) is 4.74 Å². The average molecular weight is 389 g/mol. The summed E-state index contributed by atoms with van der Waals surface area (Å²) >= 11 is 1.61. The van der Waals surface area contributed by atoms with Gasteiger partial charge in [-0.3, -0.25) is 9.69 Å². The first-order valence-corrected chi connectivity index (χ1v) is 10.1. The highest BCUT2D eigenvalue weighted by Crippen LogP contribution is 2.35. The van der Waals surface area contributed by atoms with Crippen LogP contribution in [0, 0.1) is 0 Å². The SMILES string of the molecule is CCC(C)NC(=O)CN1C(=O)NC(c2ccc(SC)cc2)C2=C1COC2=O. The quantitative estimate of drug-likeness (QED) is 0.575. The number of amides is 3. The molecule has 27 heavy (non-hydrogen) atoms. The van der Waals surface area contributed by atoms with Gasteiger partial charge in [0, 0.05) is 10.9 Å². The highest BCUT2D eigenvalue weighted by Gasteiger charge is 2.42. The molecule has 0 saturated carbocycles. The zero-order chi connectivity index (χ0) is 19.6. The number of carbonyl (C=O) groups is 3. The van der Waals surface area contributed by atoms with Crippen molar-refractivity contribution in [1.82, 2.24) is 15.5 Å². The molecule has 8 heteroatoms. The van der Waals surface area contributed by atoms with E-state index in [1.165, 1.54) is 4.90 Å². The van der Waals surface area contributed by atoms with Gasteiger partial charge in [0.1, 0.15) is 13.2 Å². The summed E-state index contributed by atoms with van der Waals surface area (Å²) in [7, 11) is 0. The van der Waals surface area contributed by atoms with Crippen molar-refractivity contribution in [1.29, 1.82) is 0 Å². The van der Waals surface area contributed by atoms with Crippen molar-refractivity contribution in [3.05, 3.63) is 41.1 Å². The third-order valence-electron chi connectivity index (χ3n) is 4.77. The van der Waals surface area contributed by atoms with Crippen LogP contribution in [0.1, 0.15) is 31.9 Å². The van der Waals surface area contributed by atoms with Crippen molar-refractivity contribution < 1.29 is 19.1 Å². The van der Waals surface area contributed by atoms with Crippen LogP contribution in [0.4, 0.5) is 4.79 Å². The lowest BCUT2D eigenvalue weighted by atomic mass is 9.96. The van der Waals surface area contributed by atoms with E-state index in [1.54, 1.807) is 11.8 Å². The molecular formula is C19H23N3O4S. The van der Waals surface area contributed by atoms with Gasteiger partial charge in [-0.25, -0.2) is 9.59 Å². The third-order valence-corrected chi connectivity index (χ3v) is 5.51. The normalized spacial score (nSPS) is 20.1. The molecular weight excluding hydrogens is 366 g/mol. The molecule has 2 atom stereocenters. The van der Waals surface area contributed by atoms with Gasteiger partial charge in [-0.1, -0.05) is 19.1 Å². The van der Waals surface area contributed by atoms with Crippen molar-refractivity contribution in [2.45, 2.75) is 37.2 Å². The number of carbonyl (C=O) groups excluding carboxylic acids is 3. The standard InChI is InChI=1S/C19H23N3O4S/c1-4-11(2)20-15(23)9-22-14-10-26-18(24)16(14)17(21-19(22)25)12-5-7-13(27-3)8-6-12/h5-8,11,17H,4,9-10H2,1-3H3,(H,20,23)(H,21,25). The Morgan fingerprint density at radius 3 is 2.70 bits per heavy atom. The van der Waals surface area contributed by atoms with Crippen molar-refractivity contribution >= 4 is 29.7 Å². The van der Waals surface area contributed by atoms with E-state index in [-0.39, 0.29) is 25.1 Å². The Labute approximate surface area is 162 Å². The number of rotatable bonds is 6. The molecule has 0 fully saturated rings. The van der Waals surface area contributed by atoms with Gasteiger partial charge in [-0.2, -0.15) is 0 Å². The molecule has 0 aromatic heterocycles. The van der Waals surface area contributed by atoms with Gasteiger partial charge in [0.15, 0.2) is 0 Å². The molecule has 0 aliphatic carbocycles. The predicted octanol–water partition coefficient (Wildman–Crippen LogP) is 2.20. The molecule has 0 spiro atoms. The van der Waals surface area contributed by atoms with Gasteiger partial charge in [-0.15, -0.1) is 11.8 Å². The van der Waals surface area contributed by atoms with Gasteiger partial charge in [0.25, 0.3) is 0 Å². The Hall–Kier alpha value is -2.48. The van der Waals surface area contributed by atoms with Crippen LogP contribution in [0.15, 0.2) is 40.4 Å².